The van der Waals surface area contributed by atoms with Crippen molar-refractivity contribution in [3.8, 4) is 0 Å². The van der Waals surface area contributed by atoms with Crippen LogP contribution >= 0.6 is 0 Å². The third kappa shape index (κ3) is 2.95. The van der Waals surface area contributed by atoms with Crippen LogP contribution in [0.5, 0.6) is 0 Å². The number of rotatable bonds is 4. The third-order valence-corrected chi connectivity index (χ3v) is 2.80. The van der Waals surface area contributed by atoms with Gasteiger partial charge in [0.15, 0.2) is 5.60 Å². The Morgan fingerprint density at radius 3 is 2.25 bits per heavy atom. The summed E-state index contributed by atoms with van der Waals surface area (Å²) in [5.41, 5.74) is -2.15. The first-order valence-electron chi connectivity index (χ1n) is 5.13. The molecule has 0 N–H and O–H groups in total. The number of ether oxygens (including phenoxy) is 2. The first kappa shape index (κ1) is 13.4. The van der Waals surface area contributed by atoms with Crippen LogP contribution in [0, 0.1) is 0 Å². The highest BCUT2D eigenvalue weighted by atomic mass is 19.4. The van der Waals surface area contributed by atoms with Crippen molar-refractivity contribution in [3.05, 3.63) is 0 Å². The maximum absolute atomic E-state index is 12.9. The van der Waals surface area contributed by atoms with Crippen molar-refractivity contribution in [2.75, 3.05) is 20.3 Å². The quantitative estimate of drug-likeness (QED) is 0.706. The molecule has 1 rings (SSSR count). The van der Waals surface area contributed by atoms with Gasteiger partial charge in [0.25, 0.3) is 0 Å². The average molecular weight is 240 g/mol. The number of hydrogen-bond donors (Lipinski definition) is 0. The van der Waals surface area contributed by atoms with Crippen LogP contribution in [0.4, 0.5) is 13.2 Å². The van der Waals surface area contributed by atoms with E-state index in [0.717, 1.165) is 0 Å². The zero-order valence-corrected chi connectivity index (χ0v) is 9.10. The summed E-state index contributed by atoms with van der Waals surface area (Å²) in [6.45, 7) is 0.00990. The Bertz CT molecular complexity index is 240. The Hall–Kier alpha value is -0.620. The van der Waals surface area contributed by atoms with Gasteiger partial charge in [-0.2, -0.15) is 13.2 Å². The van der Waals surface area contributed by atoms with Gasteiger partial charge in [-0.3, -0.25) is 4.79 Å². The summed E-state index contributed by atoms with van der Waals surface area (Å²) >= 11 is 0. The molecule has 3 nitrogen and oxygen atoms in total. The molecule has 0 spiro atoms. The fraction of sp³-hybridized carbons (Fsp3) is 0.900. The Labute approximate surface area is 91.9 Å². The van der Waals surface area contributed by atoms with E-state index in [1.807, 2.05) is 0 Å². The second-order valence-corrected chi connectivity index (χ2v) is 3.87. The summed E-state index contributed by atoms with van der Waals surface area (Å²) in [7, 11) is 1.40. The minimum atomic E-state index is -4.43. The lowest BCUT2D eigenvalue weighted by molar-refractivity contribution is -0.287. The molecular formula is C10H15F3O3. The van der Waals surface area contributed by atoms with Crippen molar-refractivity contribution >= 4 is 5.78 Å². The van der Waals surface area contributed by atoms with Crippen molar-refractivity contribution < 1.29 is 27.4 Å². The van der Waals surface area contributed by atoms with Crippen LogP contribution < -0.4 is 0 Å². The fourth-order valence-corrected chi connectivity index (χ4v) is 1.76. The van der Waals surface area contributed by atoms with Crippen molar-refractivity contribution in [3.63, 3.8) is 0 Å². The molecule has 0 amide bonds. The van der Waals surface area contributed by atoms with Gasteiger partial charge < -0.3 is 9.47 Å². The first-order valence-corrected chi connectivity index (χ1v) is 5.13. The second kappa shape index (κ2) is 5.14. The summed E-state index contributed by atoms with van der Waals surface area (Å²) in [6, 6.07) is 0. The minimum Gasteiger partial charge on any atom is -0.382 e. The highest BCUT2D eigenvalue weighted by Gasteiger charge is 2.56. The van der Waals surface area contributed by atoms with E-state index < -0.39 is 11.8 Å². The van der Waals surface area contributed by atoms with E-state index in [1.54, 1.807) is 0 Å². The standard InChI is InChI=1S/C10H15F3O3/c1-15-6-7-16-9(10(11,12)13)4-2-8(14)3-5-9/h2-7H2,1H3. The summed E-state index contributed by atoms with van der Waals surface area (Å²) in [5.74, 6) is -0.129. The van der Waals surface area contributed by atoms with Gasteiger partial charge in [0, 0.05) is 20.0 Å². The van der Waals surface area contributed by atoms with E-state index in [4.69, 9.17) is 4.74 Å². The van der Waals surface area contributed by atoms with Crippen LogP contribution in [0.1, 0.15) is 25.7 Å². The molecule has 1 fully saturated rings. The molecule has 0 bridgehead atoms. The van der Waals surface area contributed by atoms with Crippen molar-refractivity contribution in [2.24, 2.45) is 0 Å². The van der Waals surface area contributed by atoms with E-state index in [0.29, 0.717) is 0 Å². The van der Waals surface area contributed by atoms with Crippen LogP contribution in [-0.2, 0) is 14.3 Å². The lowest BCUT2D eigenvalue weighted by Gasteiger charge is -2.38. The molecule has 0 aromatic rings. The first-order chi connectivity index (χ1) is 7.41. The number of carbonyl (C=O) groups is 1. The maximum atomic E-state index is 12.9. The molecule has 0 radical (unpaired) electrons. The number of ketones is 1. The Kier molecular flexibility index (Phi) is 4.32. The summed E-state index contributed by atoms with van der Waals surface area (Å²) in [5, 5.41) is 0. The maximum Gasteiger partial charge on any atom is 0.417 e. The molecule has 0 unspecified atom stereocenters. The molecule has 0 aromatic heterocycles. The molecule has 0 saturated heterocycles. The topological polar surface area (TPSA) is 35.5 Å². The molecule has 16 heavy (non-hydrogen) atoms. The molecule has 0 heterocycles. The van der Waals surface area contributed by atoms with Crippen LogP contribution in [0.2, 0.25) is 0 Å². The number of hydrogen-bond acceptors (Lipinski definition) is 3. The predicted molar refractivity (Wildman–Crippen MR) is 50.1 cm³/mol. The summed E-state index contributed by atoms with van der Waals surface area (Å²) in [6.07, 6.45) is -5.11. The lowest BCUT2D eigenvalue weighted by atomic mass is 9.83. The SMILES string of the molecule is COCCOC1(C(F)(F)F)CCC(=O)CC1. The third-order valence-electron chi connectivity index (χ3n) is 2.80. The fourth-order valence-electron chi connectivity index (χ4n) is 1.76. The Balaban J connectivity index is 2.66. The molecule has 6 heteroatoms. The largest absolute Gasteiger partial charge is 0.417 e. The second-order valence-electron chi connectivity index (χ2n) is 3.87. The van der Waals surface area contributed by atoms with Gasteiger partial charge in [0.2, 0.25) is 0 Å². The molecule has 1 saturated carbocycles. The van der Waals surface area contributed by atoms with Crippen LogP contribution in [0.15, 0.2) is 0 Å². The van der Waals surface area contributed by atoms with Crippen molar-refractivity contribution in [1.29, 1.82) is 0 Å². The Morgan fingerprint density at radius 2 is 1.81 bits per heavy atom. The van der Waals surface area contributed by atoms with Crippen LogP contribution in [0.25, 0.3) is 0 Å². The highest BCUT2D eigenvalue weighted by Crippen LogP contribution is 2.43. The number of halogens is 3. The van der Waals surface area contributed by atoms with Gasteiger partial charge in [-0.25, -0.2) is 0 Å². The molecule has 0 atom stereocenters. The summed E-state index contributed by atoms with van der Waals surface area (Å²) in [4.78, 5) is 11.0. The number of alkyl halides is 3. The smallest absolute Gasteiger partial charge is 0.382 e. The Morgan fingerprint density at radius 1 is 1.25 bits per heavy atom. The number of carbonyl (C=O) groups excluding carboxylic acids is 1. The van der Waals surface area contributed by atoms with Gasteiger partial charge >= 0.3 is 6.18 Å². The lowest BCUT2D eigenvalue weighted by Crippen LogP contribution is -2.50. The van der Waals surface area contributed by atoms with Gasteiger partial charge in [-0.15, -0.1) is 0 Å². The van der Waals surface area contributed by atoms with Crippen LogP contribution in [0.3, 0.4) is 0 Å². The number of Topliss-reactive ketones (excluding diaryl/α,β-unsaturated/α-hetero) is 1. The predicted octanol–water partition coefficient (Wildman–Crippen LogP) is 2.09. The van der Waals surface area contributed by atoms with E-state index >= 15 is 0 Å². The zero-order chi connectivity index (χ0) is 12.2. The van der Waals surface area contributed by atoms with Gasteiger partial charge in [0.05, 0.1) is 13.2 Å². The van der Waals surface area contributed by atoms with Crippen molar-refractivity contribution in [1.82, 2.24) is 0 Å². The normalized spacial score (nSPS) is 21.1. The van der Waals surface area contributed by atoms with E-state index in [-0.39, 0.29) is 44.7 Å². The van der Waals surface area contributed by atoms with E-state index in [2.05, 4.69) is 4.74 Å². The van der Waals surface area contributed by atoms with E-state index in [1.165, 1.54) is 7.11 Å². The monoisotopic (exact) mass is 240 g/mol. The molecule has 1 aliphatic carbocycles. The molecular weight excluding hydrogens is 225 g/mol. The van der Waals surface area contributed by atoms with Gasteiger partial charge in [-0.05, 0) is 12.8 Å². The highest BCUT2D eigenvalue weighted by molar-refractivity contribution is 5.79. The molecule has 0 aromatic carbocycles. The number of methoxy groups -OCH3 is 1. The van der Waals surface area contributed by atoms with E-state index in [9.17, 15) is 18.0 Å². The van der Waals surface area contributed by atoms with Gasteiger partial charge in [-0.1, -0.05) is 0 Å². The molecule has 94 valence electrons. The van der Waals surface area contributed by atoms with Gasteiger partial charge in [0.1, 0.15) is 5.78 Å². The molecule has 0 aliphatic heterocycles. The summed E-state index contributed by atoms with van der Waals surface area (Å²) < 4.78 is 48.2. The van der Waals surface area contributed by atoms with Crippen molar-refractivity contribution in [2.45, 2.75) is 37.5 Å². The zero-order valence-electron chi connectivity index (χ0n) is 9.10. The average Bonchev–Trinajstić information content (AvgIpc) is 2.20. The minimum absolute atomic E-state index is 0.0630. The molecule has 1 aliphatic rings. The van der Waals surface area contributed by atoms with Crippen LogP contribution in [-0.4, -0.2) is 37.9 Å².